The van der Waals surface area contributed by atoms with Crippen LogP contribution in [0.2, 0.25) is 0 Å². The molecular formula is C10H12N2O. The maximum atomic E-state index is 5.36. The van der Waals surface area contributed by atoms with Crippen LogP contribution in [-0.4, -0.2) is 19.3 Å². The standard InChI is InChI=1S/C10H12N2O/c1-3-12-10(11-2)13-9-7-5-4-6-8-9/h3-8H,1-2H3/b11-10?,12-3-. The van der Waals surface area contributed by atoms with Gasteiger partial charge in [-0.15, -0.1) is 0 Å². The minimum Gasteiger partial charge on any atom is -0.425 e. The number of aliphatic imine (C=N–C) groups is 2. The smallest absolute Gasteiger partial charge is 0.316 e. The van der Waals surface area contributed by atoms with E-state index in [4.69, 9.17) is 4.74 Å². The zero-order valence-corrected chi connectivity index (χ0v) is 7.77. The Hall–Kier alpha value is -1.64. The molecule has 0 radical (unpaired) electrons. The molecule has 3 nitrogen and oxygen atoms in total. The maximum absolute atomic E-state index is 5.36. The number of rotatable bonds is 1. The highest BCUT2D eigenvalue weighted by atomic mass is 16.5. The first-order valence-corrected chi connectivity index (χ1v) is 4.05. The third kappa shape index (κ3) is 3.07. The van der Waals surface area contributed by atoms with Crippen LogP contribution in [0.1, 0.15) is 6.92 Å². The Bertz CT molecular complexity index is 304. The topological polar surface area (TPSA) is 34.0 Å². The molecule has 13 heavy (non-hydrogen) atoms. The van der Waals surface area contributed by atoms with Crippen LogP contribution in [0.25, 0.3) is 0 Å². The summed E-state index contributed by atoms with van der Waals surface area (Å²) in [7, 11) is 1.64. The summed E-state index contributed by atoms with van der Waals surface area (Å²) in [5, 5.41) is 0. The Morgan fingerprint density at radius 2 is 2.00 bits per heavy atom. The van der Waals surface area contributed by atoms with E-state index >= 15 is 0 Å². The highest BCUT2D eigenvalue weighted by Gasteiger charge is 1.96. The second-order valence-corrected chi connectivity index (χ2v) is 2.31. The summed E-state index contributed by atoms with van der Waals surface area (Å²) in [4.78, 5) is 7.81. The monoisotopic (exact) mass is 176 g/mol. The first kappa shape index (κ1) is 9.45. The molecule has 0 aliphatic rings. The van der Waals surface area contributed by atoms with Crippen molar-refractivity contribution in [2.45, 2.75) is 6.92 Å². The van der Waals surface area contributed by atoms with E-state index in [9.17, 15) is 0 Å². The molecule has 0 aliphatic heterocycles. The highest BCUT2D eigenvalue weighted by molar-refractivity contribution is 5.84. The second-order valence-electron chi connectivity index (χ2n) is 2.31. The van der Waals surface area contributed by atoms with Crippen molar-refractivity contribution in [2.24, 2.45) is 9.98 Å². The van der Waals surface area contributed by atoms with Gasteiger partial charge in [0.05, 0.1) is 0 Å². The van der Waals surface area contributed by atoms with Gasteiger partial charge in [0.15, 0.2) is 0 Å². The molecule has 0 aromatic heterocycles. The van der Waals surface area contributed by atoms with Crippen molar-refractivity contribution in [3.63, 3.8) is 0 Å². The van der Waals surface area contributed by atoms with Crippen molar-refractivity contribution >= 4 is 12.2 Å². The molecule has 0 amide bonds. The summed E-state index contributed by atoms with van der Waals surface area (Å²) in [6, 6.07) is 9.82. The molecule has 0 aliphatic carbocycles. The molecular weight excluding hydrogens is 164 g/mol. The van der Waals surface area contributed by atoms with Crippen LogP contribution in [0.4, 0.5) is 0 Å². The van der Waals surface area contributed by atoms with Gasteiger partial charge in [-0.25, -0.2) is 9.98 Å². The van der Waals surface area contributed by atoms with Gasteiger partial charge >= 0.3 is 6.02 Å². The van der Waals surface area contributed by atoms with Gasteiger partial charge < -0.3 is 4.74 Å². The predicted octanol–water partition coefficient (Wildman–Crippen LogP) is 2.14. The molecule has 1 aromatic carbocycles. The predicted molar refractivity (Wildman–Crippen MR) is 54.6 cm³/mol. The summed E-state index contributed by atoms with van der Waals surface area (Å²) in [6.07, 6.45) is 1.64. The van der Waals surface area contributed by atoms with Gasteiger partial charge in [-0.1, -0.05) is 18.2 Å². The number of ether oxygens (including phenoxy) is 1. The zero-order valence-electron chi connectivity index (χ0n) is 7.77. The third-order valence-corrected chi connectivity index (χ3v) is 1.38. The normalized spacial score (nSPS) is 12.0. The molecule has 3 heteroatoms. The summed E-state index contributed by atoms with van der Waals surface area (Å²) < 4.78 is 5.36. The lowest BCUT2D eigenvalue weighted by Crippen LogP contribution is -2.04. The van der Waals surface area contributed by atoms with Crippen LogP contribution in [-0.2, 0) is 0 Å². The van der Waals surface area contributed by atoms with Gasteiger partial charge in [-0.3, -0.25) is 0 Å². The second kappa shape index (κ2) is 5.09. The molecule has 0 saturated carbocycles. The minimum atomic E-state index is 0.369. The summed E-state index contributed by atoms with van der Waals surface area (Å²) in [6.45, 7) is 1.82. The van der Waals surface area contributed by atoms with Gasteiger partial charge in [0, 0.05) is 13.3 Å². The molecule has 0 atom stereocenters. The molecule has 68 valence electrons. The lowest BCUT2D eigenvalue weighted by Gasteiger charge is -2.02. The molecule has 0 unspecified atom stereocenters. The van der Waals surface area contributed by atoms with E-state index in [1.54, 1.807) is 13.3 Å². The van der Waals surface area contributed by atoms with Crippen molar-refractivity contribution in [1.82, 2.24) is 0 Å². The number of hydrogen-bond acceptors (Lipinski definition) is 2. The Morgan fingerprint density at radius 3 is 2.54 bits per heavy atom. The van der Waals surface area contributed by atoms with Crippen molar-refractivity contribution in [3.8, 4) is 5.75 Å². The molecule has 1 aromatic rings. The van der Waals surface area contributed by atoms with E-state index in [0.29, 0.717) is 6.02 Å². The molecule has 0 N–H and O–H groups in total. The Balaban J connectivity index is 2.68. The lowest BCUT2D eigenvalue weighted by molar-refractivity contribution is 0.542. The fraction of sp³-hybridized carbons (Fsp3) is 0.200. The van der Waals surface area contributed by atoms with Crippen LogP contribution in [0.15, 0.2) is 40.3 Å². The van der Waals surface area contributed by atoms with Crippen molar-refractivity contribution in [1.29, 1.82) is 0 Å². The van der Waals surface area contributed by atoms with Crippen molar-refractivity contribution in [2.75, 3.05) is 7.05 Å². The molecule has 0 spiro atoms. The minimum absolute atomic E-state index is 0.369. The number of hydrogen-bond donors (Lipinski definition) is 0. The fourth-order valence-corrected chi connectivity index (χ4v) is 0.834. The summed E-state index contributed by atoms with van der Waals surface area (Å²) in [5.41, 5.74) is 0. The molecule has 1 rings (SSSR count). The maximum Gasteiger partial charge on any atom is 0.316 e. The van der Waals surface area contributed by atoms with Crippen LogP contribution in [0, 0.1) is 0 Å². The van der Waals surface area contributed by atoms with Crippen LogP contribution < -0.4 is 4.74 Å². The zero-order chi connectivity index (χ0) is 9.52. The number of para-hydroxylation sites is 1. The Labute approximate surface area is 77.8 Å². The average Bonchev–Trinajstić information content (AvgIpc) is 2.19. The van der Waals surface area contributed by atoms with Crippen LogP contribution >= 0.6 is 0 Å². The number of amidine groups is 1. The average molecular weight is 176 g/mol. The number of benzene rings is 1. The van der Waals surface area contributed by atoms with E-state index in [1.807, 2.05) is 37.3 Å². The van der Waals surface area contributed by atoms with Gasteiger partial charge in [-0.2, -0.15) is 0 Å². The van der Waals surface area contributed by atoms with Gasteiger partial charge in [0.25, 0.3) is 0 Å². The lowest BCUT2D eigenvalue weighted by atomic mass is 10.3. The molecule has 0 bridgehead atoms. The van der Waals surface area contributed by atoms with Crippen LogP contribution in [0.3, 0.4) is 0 Å². The Morgan fingerprint density at radius 1 is 1.31 bits per heavy atom. The fourth-order valence-electron chi connectivity index (χ4n) is 0.834. The van der Waals surface area contributed by atoms with Crippen molar-refractivity contribution in [3.05, 3.63) is 30.3 Å². The molecule has 0 saturated heterocycles. The SMILES string of the molecule is C/C=N\C(=NC)Oc1ccccc1. The van der Waals surface area contributed by atoms with Crippen LogP contribution in [0.5, 0.6) is 5.75 Å². The third-order valence-electron chi connectivity index (χ3n) is 1.38. The van der Waals surface area contributed by atoms with E-state index in [1.165, 1.54) is 0 Å². The molecule has 0 heterocycles. The summed E-state index contributed by atoms with van der Waals surface area (Å²) >= 11 is 0. The summed E-state index contributed by atoms with van der Waals surface area (Å²) in [5.74, 6) is 0.744. The van der Waals surface area contributed by atoms with Gasteiger partial charge in [0.2, 0.25) is 0 Å². The van der Waals surface area contributed by atoms with E-state index < -0.39 is 0 Å². The quantitative estimate of drug-likeness (QED) is 0.476. The molecule has 0 fully saturated rings. The van der Waals surface area contributed by atoms with Gasteiger partial charge in [-0.05, 0) is 19.1 Å². The largest absolute Gasteiger partial charge is 0.425 e. The number of nitrogens with zero attached hydrogens (tertiary/aromatic N) is 2. The Kier molecular flexibility index (Phi) is 3.70. The highest BCUT2D eigenvalue weighted by Crippen LogP contribution is 2.08. The van der Waals surface area contributed by atoms with Crippen molar-refractivity contribution < 1.29 is 4.74 Å². The first-order chi connectivity index (χ1) is 6.36. The van der Waals surface area contributed by atoms with E-state index in [2.05, 4.69) is 9.98 Å². The first-order valence-electron chi connectivity index (χ1n) is 4.05. The van der Waals surface area contributed by atoms with E-state index in [0.717, 1.165) is 5.75 Å². The van der Waals surface area contributed by atoms with E-state index in [-0.39, 0.29) is 0 Å². The van der Waals surface area contributed by atoms with Gasteiger partial charge in [0.1, 0.15) is 5.75 Å².